The molecule has 0 aliphatic carbocycles. The molecule has 1 aliphatic heterocycles. The quantitative estimate of drug-likeness (QED) is 0.288. The first kappa shape index (κ1) is 23.3. The Morgan fingerprint density at radius 2 is 1.65 bits per heavy atom. The van der Waals surface area contributed by atoms with E-state index in [2.05, 4.69) is 0 Å². The molecule has 0 amide bonds. The molecular formula is C25H22N2O6S. The molecule has 0 bridgehead atoms. The van der Waals surface area contributed by atoms with E-state index < -0.39 is 27.0 Å². The van der Waals surface area contributed by atoms with Gasteiger partial charge in [-0.25, -0.2) is 8.42 Å². The maximum atomic E-state index is 13.2. The highest BCUT2D eigenvalue weighted by molar-refractivity contribution is 7.92. The van der Waals surface area contributed by atoms with Gasteiger partial charge in [0.25, 0.3) is 5.69 Å². The molecule has 1 atom stereocenters. The van der Waals surface area contributed by atoms with Crippen LogP contribution in [-0.2, 0) is 39.1 Å². The summed E-state index contributed by atoms with van der Waals surface area (Å²) in [6.45, 7) is -0.0718. The van der Waals surface area contributed by atoms with E-state index in [0.29, 0.717) is 5.56 Å². The van der Waals surface area contributed by atoms with E-state index in [0.717, 1.165) is 26.4 Å². The molecule has 1 heterocycles. The third-order valence-corrected chi connectivity index (χ3v) is 7.08. The molecule has 3 aromatic carbocycles. The zero-order chi connectivity index (χ0) is 24.1. The zero-order valence-corrected chi connectivity index (χ0v) is 18.9. The highest BCUT2D eigenvalue weighted by atomic mass is 32.2. The summed E-state index contributed by atoms with van der Waals surface area (Å²) in [5.41, 5.74) is 2.94. The SMILES string of the molecule is O=C(OCc1ccc([N+](=O)[O-])cc1)[C@H]1Cc2ccccc2CN1S(=O)(=O)/C=C/c1ccccc1. The minimum atomic E-state index is -3.94. The fourth-order valence-electron chi connectivity index (χ4n) is 3.74. The smallest absolute Gasteiger partial charge is 0.325 e. The van der Waals surface area contributed by atoms with Gasteiger partial charge in [0, 0.05) is 30.5 Å². The third-order valence-electron chi connectivity index (χ3n) is 5.56. The van der Waals surface area contributed by atoms with Crippen molar-refractivity contribution >= 4 is 27.8 Å². The number of hydrogen-bond acceptors (Lipinski definition) is 6. The maximum Gasteiger partial charge on any atom is 0.325 e. The first-order valence-corrected chi connectivity index (χ1v) is 12.1. The van der Waals surface area contributed by atoms with Crippen LogP contribution in [0.25, 0.3) is 6.08 Å². The van der Waals surface area contributed by atoms with E-state index in [1.54, 1.807) is 12.1 Å². The predicted octanol–water partition coefficient (Wildman–Crippen LogP) is 4.07. The Labute approximate surface area is 197 Å². The number of nitrogens with zero attached hydrogens (tertiary/aromatic N) is 2. The lowest BCUT2D eigenvalue weighted by Gasteiger charge is -2.33. The van der Waals surface area contributed by atoms with Crippen LogP contribution in [0.5, 0.6) is 0 Å². The van der Waals surface area contributed by atoms with Crippen molar-refractivity contribution in [1.82, 2.24) is 4.31 Å². The van der Waals surface area contributed by atoms with Crippen LogP contribution < -0.4 is 0 Å². The van der Waals surface area contributed by atoms with E-state index in [1.807, 2.05) is 42.5 Å². The maximum absolute atomic E-state index is 13.2. The average molecular weight is 479 g/mol. The molecule has 0 unspecified atom stereocenters. The number of non-ortho nitro benzene ring substituents is 1. The Morgan fingerprint density at radius 1 is 1.00 bits per heavy atom. The van der Waals surface area contributed by atoms with Crippen LogP contribution in [0.4, 0.5) is 5.69 Å². The number of esters is 1. The van der Waals surface area contributed by atoms with Gasteiger partial charge in [0.05, 0.1) is 4.92 Å². The lowest BCUT2D eigenvalue weighted by Crippen LogP contribution is -2.48. The number of nitro groups is 1. The van der Waals surface area contributed by atoms with Crippen molar-refractivity contribution in [1.29, 1.82) is 0 Å². The number of rotatable bonds is 7. The number of sulfonamides is 1. The molecule has 0 saturated carbocycles. The second kappa shape index (κ2) is 9.98. The number of carbonyl (C=O) groups is 1. The number of benzene rings is 3. The number of carbonyl (C=O) groups excluding carboxylic acids is 1. The molecule has 0 spiro atoms. The van der Waals surface area contributed by atoms with Gasteiger partial charge >= 0.3 is 5.97 Å². The first-order valence-electron chi connectivity index (χ1n) is 10.6. The van der Waals surface area contributed by atoms with E-state index in [-0.39, 0.29) is 25.3 Å². The average Bonchev–Trinajstić information content (AvgIpc) is 2.86. The third kappa shape index (κ3) is 5.38. The van der Waals surface area contributed by atoms with Gasteiger partial charge < -0.3 is 4.74 Å². The Bertz CT molecular complexity index is 1320. The van der Waals surface area contributed by atoms with Crippen molar-refractivity contribution < 1.29 is 22.9 Å². The van der Waals surface area contributed by atoms with Gasteiger partial charge in [-0.15, -0.1) is 0 Å². The summed E-state index contributed by atoms with van der Waals surface area (Å²) >= 11 is 0. The highest BCUT2D eigenvalue weighted by Gasteiger charge is 2.38. The number of ether oxygens (including phenoxy) is 1. The van der Waals surface area contributed by atoms with Gasteiger partial charge in [-0.2, -0.15) is 4.31 Å². The Hall–Kier alpha value is -3.82. The summed E-state index contributed by atoms with van der Waals surface area (Å²) in [6.07, 6.45) is 1.68. The second-order valence-electron chi connectivity index (χ2n) is 7.82. The van der Waals surface area contributed by atoms with Gasteiger partial charge in [-0.3, -0.25) is 14.9 Å². The molecule has 0 aromatic heterocycles. The van der Waals surface area contributed by atoms with E-state index >= 15 is 0 Å². The van der Waals surface area contributed by atoms with Crippen molar-refractivity contribution in [2.75, 3.05) is 0 Å². The monoisotopic (exact) mass is 478 g/mol. The van der Waals surface area contributed by atoms with Gasteiger partial charge in [0.2, 0.25) is 10.0 Å². The normalized spacial score (nSPS) is 16.2. The Kier molecular flexibility index (Phi) is 6.85. The first-order chi connectivity index (χ1) is 16.3. The minimum Gasteiger partial charge on any atom is -0.460 e. The molecule has 174 valence electrons. The second-order valence-corrected chi connectivity index (χ2v) is 9.59. The molecule has 9 heteroatoms. The van der Waals surface area contributed by atoms with Crippen LogP contribution in [0, 0.1) is 10.1 Å². The van der Waals surface area contributed by atoms with Crippen molar-refractivity contribution in [3.8, 4) is 0 Å². The highest BCUT2D eigenvalue weighted by Crippen LogP contribution is 2.28. The van der Waals surface area contributed by atoms with Crippen LogP contribution >= 0.6 is 0 Å². The summed E-state index contributed by atoms with van der Waals surface area (Å²) in [5, 5.41) is 11.9. The van der Waals surface area contributed by atoms with Crippen LogP contribution in [-0.4, -0.2) is 29.7 Å². The van der Waals surface area contributed by atoms with Crippen LogP contribution in [0.2, 0.25) is 0 Å². The van der Waals surface area contributed by atoms with Gasteiger partial charge in [-0.05, 0) is 40.5 Å². The summed E-state index contributed by atoms with van der Waals surface area (Å²) in [5.74, 6) is -0.676. The number of nitro benzene ring substituents is 1. The Balaban J connectivity index is 1.55. The van der Waals surface area contributed by atoms with E-state index in [9.17, 15) is 23.3 Å². The summed E-state index contributed by atoms with van der Waals surface area (Å²) < 4.78 is 33.0. The van der Waals surface area contributed by atoms with E-state index in [4.69, 9.17) is 4.74 Å². The van der Waals surface area contributed by atoms with Crippen molar-refractivity contribution in [2.45, 2.75) is 25.6 Å². The number of hydrogen-bond donors (Lipinski definition) is 0. The van der Waals surface area contributed by atoms with Crippen LogP contribution in [0.3, 0.4) is 0 Å². The lowest BCUT2D eigenvalue weighted by atomic mass is 9.96. The molecule has 0 radical (unpaired) electrons. The molecule has 1 aliphatic rings. The summed E-state index contributed by atoms with van der Waals surface area (Å²) in [4.78, 5) is 23.3. The minimum absolute atomic E-state index is 0.0505. The molecule has 0 N–H and O–H groups in total. The Morgan fingerprint density at radius 3 is 2.32 bits per heavy atom. The fraction of sp³-hybridized carbons (Fsp3) is 0.160. The van der Waals surface area contributed by atoms with Gasteiger partial charge in [-0.1, -0.05) is 54.6 Å². The largest absolute Gasteiger partial charge is 0.460 e. The molecular weight excluding hydrogens is 456 g/mol. The van der Waals surface area contributed by atoms with Crippen molar-refractivity contribution in [3.63, 3.8) is 0 Å². The van der Waals surface area contributed by atoms with Crippen molar-refractivity contribution in [2.24, 2.45) is 0 Å². The van der Waals surface area contributed by atoms with Gasteiger partial charge in [0.1, 0.15) is 12.6 Å². The molecule has 0 saturated heterocycles. The topological polar surface area (TPSA) is 107 Å². The predicted molar refractivity (Wildman–Crippen MR) is 127 cm³/mol. The molecule has 34 heavy (non-hydrogen) atoms. The molecule has 8 nitrogen and oxygen atoms in total. The fourth-order valence-corrected chi connectivity index (χ4v) is 5.06. The van der Waals surface area contributed by atoms with Gasteiger partial charge in [0.15, 0.2) is 0 Å². The van der Waals surface area contributed by atoms with Crippen molar-refractivity contribution in [3.05, 3.63) is 117 Å². The van der Waals surface area contributed by atoms with Crippen LogP contribution in [0.15, 0.2) is 84.3 Å². The molecule has 3 aromatic rings. The summed E-state index contributed by atoms with van der Waals surface area (Å²) in [6, 6.07) is 21.0. The lowest BCUT2D eigenvalue weighted by molar-refractivity contribution is -0.384. The molecule has 4 rings (SSSR count). The standard InChI is InChI=1S/C25H22N2O6S/c28-25(33-18-20-10-12-23(13-11-20)27(29)30)24-16-21-8-4-5-9-22(21)17-26(24)34(31,32)15-14-19-6-2-1-3-7-19/h1-15,24H,16-18H2/b15-14+/t24-/m1/s1. The van der Waals surface area contributed by atoms with E-state index in [1.165, 1.54) is 30.3 Å². The molecule has 0 fully saturated rings. The zero-order valence-electron chi connectivity index (χ0n) is 18.1. The number of fused-ring (bicyclic) bond motifs is 1. The van der Waals surface area contributed by atoms with Crippen LogP contribution in [0.1, 0.15) is 22.3 Å². The summed E-state index contributed by atoms with van der Waals surface area (Å²) in [7, 11) is -3.94.